The first-order valence-corrected chi connectivity index (χ1v) is 8.70. The Kier molecular flexibility index (Phi) is 5.25. The number of hydrogen-bond acceptors (Lipinski definition) is 4. The van der Waals surface area contributed by atoms with E-state index in [0.717, 1.165) is 17.1 Å². The van der Waals surface area contributed by atoms with E-state index in [1.54, 1.807) is 9.58 Å². The molecule has 2 amide bonds. The molecule has 3 rings (SSSR count). The van der Waals surface area contributed by atoms with Crippen molar-refractivity contribution in [2.24, 2.45) is 17.6 Å². The average Bonchev–Trinajstić information content (AvgIpc) is 3.17. The zero-order valence-electron chi connectivity index (χ0n) is 15.1. The SMILES string of the molecule is Cc1cc(C)n(CC(=O)N2CC(COc3ccccc3)C(C(N)=O)C2)n1. The van der Waals surface area contributed by atoms with Crippen molar-refractivity contribution in [2.75, 3.05) is 19.7 Å². The van der Waals surface area contributed by atoms with Gasteiger partial charge in [-0.3, -0.25) is 14.3 Å². The molecular weight excluding hydrogens is 332 g/mol. The van der Waals surface area contributed by atoms with E-state index in [4.69, 9.17) is 10.5 Å². The van der Waals surface area contributed by atoms with E-state index in [9.17, 15) is 9.59 Å². The highest BCUT2D eigenvalue weighted by Gasteiger charge is 2.39. The molecule has 138 valence electrons. The maximum atomic E-state index is 12.6. The quantitative estimate of drug-likeness (QED) is 0.840. The van der Waals surface area contributed by atoms with E-state index < -0.39 is 11.8 Å². The van der Waals surface area contributed by atoms with Gasteiger partial charge < -0.3 is 15.4 Å². The van der Waals surface area contributed by atoms with Crippen LogP contribution in [0.2, 0.25) is 0 Å². The lowest BCUT2D eigenvalue weighted by Crippen LogP contribution is -2.34. The zero-order chi connectivity index (χ0) is 18.7. The third kappa shape index (κ3) is 4.04. The van der Waals surface area contributed by atoms with E-state index in [-0.39, 0.29) is 18.4 Å². The van der Waals surface area contributed by atoms with Crippen molar-refractivity contribution in [3.63, 3.8) is 0 Å². The van der Waals surface area contributed by atoms with Crippen LogP contribution in [0.1, 0.15) is 11.4 Å². The summed E-state index contributed by atoms with van der Waals surface area (Å²) in [5, 5.41) is 4.32. The Morgan fingerprint density at radius 3 is 2.58 bits per heavy atom. The van der Waals surface area contributed by atoms with E-state index in [1.165, 1.54) is 0 Å². The molecular formula is C19H24N4O3. The first-order chi connectivity index (χ1) is 12.4. The minimum absolute atomic E-state index is 0.0651. The number of amides is 2. The summed E-state index contributed by atoms with van der Waals surface area (Å²) < 4.78 is 7.46. The number of para-hydroxylation sites is 1. The van der Waals surface area contributed by atoms with Crippen LogP contribution >= 0.6 is 0 Å². The molecule has 2 heterocycles. The fraction of sp³-hybridized carbons (Fsp3) is 0.421. The number of carbonyl (C=O) groups is 2. The van der Waals surface area contributed by atoms with Crippen molar-refractivity contribution in [3.8, 4) is 5.75 Å². The number of benzene rings is 1. The van der Waals surface area contributed by atoms with Crippen LogP contribution in [0.5, 0.6) is 5.75 Å². The molecule has 1 aliphatic rings. The van der Waals surface area contributed by atoms with E-state index in [2.05, 4.69) is 5.10 Å². The molecule has 26 heavy (non-hydrogen) atoms. The van der Waals surface area contributed by atoms with Crippen molar-refractivity contribution < 1.29 is 14.3 Å². The Morgan fingerprint density at radius 1 is 1.23 bits per heavy atom. The van der Waals surface area contributed by atoms with Crippen LogP contribution in [-0.4, -0.2) is 46.2 Å². The molecule has 1 aliphatic heterocycles. The maximum absolute atomic E-state index is 12.6. The summed E-state index contributed by atoms with van der Waals surface area (Å²) in [7, 11) is 0. The molecule has 1 saturated heterocycles. The lowest BCUT2D eigenvalue weighted by molar-refractivity contribution is -0.131. The highest BCUT2D eigenvalue weighted by atomic mass is 16.5. The van der Waals surface area contributed by atoms with Crippen molar-refractivity contribution in [2.45, 2.75) is 20.4 Å². The summed E-state index contributed by atoms with van der Waals surface area (Å²) in [6, 6.07) is 11.3. The molecule has 0 saturated carbocycles. The second-order valence-corrected chi connectivity index (χ2v) is 6.78. The van der Waals surface area contributed by atoms with Gasteiger partial charge in [0, 0.05) is 24.7 Å². The van der Waals surface area contributed by atoms with Crippen LogP contribution in [0, 0.1) is 25.7 Å². The molecule has 0 spiro atoms. The summed E-state index contributed by atoms with van der Waals surface area (Å²) in [6.45, 7) is 5.11. The Hall–Kier alpha value is -2.83. The van der Waals surface area contributed by atoms with Crippen LogP contribution in [0.3, 0.4) is 0 Å². The van der Waals surface area contributed by atoms with Gasteiger partial charge in [-0.2, -0.15) is 5.10 Å². The molecule has 0 radical (unpaired) electrons. The van der Waals surface area contributed by atoms with E-state index in [1.807, 2.05) is 50.2 Å². The molecule has 1 aromatic heterocycles. The van der Waals surface area contributed by atoms with Gasteiger partial charge in [0.15, 0.2) is 0 Å². The number of rotatable bonds is 6. The first kappa shape index (κ1) is 18.0. The summed E-state index contributed by atoms with van der Waals surface area (Å²) in [5.74, 6) is -0.235. The number of nitrogens with two attached hydrogens (primary N) is 1. The number of carbonyl (C=O) groups excluding carboxylic acids is 2. The molecule has 0 bridgehead atoms. The van der Waals surface area contributed by atoms with E-state index >= 15 is 0 Å². The Labute approximate surface area is 152 Å². The topological polar surface area (TPSA) is 90.5 Å². The van der Waals surface area contributed by atoms with Crippen LogP contribution in [-0.2, 0) is 16.1 Å². The van der Waals surface area contributed by atoms with Crippen LogP contribution in [0.15, 0.2) is 36.4 Å². The molecule has 2 unspecified atom stereocenters. The Bertz CT molecular complexity index is 787. The predicted molar refractivity (Wildman–Crippen MR) is 96.4 cm³/mol. The van der Waals surface area contributed by atoms with Crippen LogP contribution < -0.4 is 10.5 Å². The van der Waals surface area contributed by atoms with Gasteiger partial charge in [0.05, 0.1) is 18.2 Å². The highest BCUT2D eigenvalue weighted by Crippen LogP contribution is 2.25. The van der Waals surface area contributed by atoms with Crippen LogP contribution in [0.25, 0.3) is 0 Å². The zero-order valence-corrected chi connectivity index (χ0v) is 15.1. The Balaban J connectivity index is 1.63. The summed E-state index contributed by atoms with van der Waals surface area (Å²) in [4.78, 5) is 26.1. The second-order valence-electron chi connectivity index (χ2n) is 6.78. The van der Waals surface area contributed by atoms with Gasteiger partial charge >= 0.3 is 0 Å². The van der Waals surface area contributed by atoms with Gasteiger partial charge in [-0.25, -0.2) is 0 Å². The normalized spacial score (nSPS) is 19.5. The van der Waals surface area contributed by atoms with Crippen molar-refractivity contribution in [1.82, 2.24) is 14.7 Å². The van der Waals surface area contributed by atoms with Gasteiger partial charge in [-0.05, 0) is 32.0 Å². The number of ether oxygens (including phenoxy) is 1. The molecule has 2 aromatic rings. The third-order valence-electron chi connectivity index (χ3n) is 4.75. The standard InChI is InChI=1S/C19H24N4O3/c1-13-8-14(2)23(21-13)11-18(24)22-9-15(17(10-22)19(20)25)12-26-16-6-4-3-5-7-16/h3-8,15,17H,9-12H2,1-2H3,(H2,20,25). The lowest BCUT2D eigenvalue weighted by Gasteiger charge is -2.17. The smallest absolute Gasteiger partial charge is 0.244 e. The number of hydrogen-bond donors (Lipinski definition) is 1. The third-order valence-corrected chi connectivity index (χ3v) is 4.75. The van der Waals surface area contributed by atoms with Gasteiger partial charge in [0.1, 0.15) is 12.3 Å². The number of aromatic nitrogens is 2. The van der Waals surface area contributed by atoms with Crippen molar-refractivity contribution in [3.05, 3.63) is 47.8 Å². The fourth-order valence-electron chi connectivity index (χ4n) is 3.35. The van der Waals surface area contributed by atoms with Crippen LogP contribution in [0.4, 0.5) is 0 Å². The van der Waals surface area contributed by atoms with Crippen molar-refractivity contribution >= 4 is 11.8 Å². The van der Waals surface area contributed by atoms with Gasteiger partial charge in [0.25, 0.3) is 0 Å². The molecule has 0 aliphatic carbocycles. The van der Waals surface area contributed by atoms with Gasteiger partial charge in [-0.15, -0.1) is 0 Å². The molecule has 7 heteroatoms. The first-order valence-electron chi connectivity index (χ1n) is 8.70. The molecule has 7 nitrogen and oxygen atoms in total. The summed E-state index contributed by atoms with van der Waals surface area (Å²) in [6.07, 6.45) is 0. The molecule has 1 aromatic carbocycles. The van der Waals surface area contributed by atoms with Crippen molar-refractivity contribution in [1.29, 1.82) is 0 Å². The maximum Gasteiger partial charge on any atom is 0.244 e. The number of aryl methyl sites for hydroxylation is 2. The fourth-order valence-corrected chi connectivity index (χ4v) is 3.35. The highest BCUT2D eigenvalue weighted by molar-refractivity contribution is 5.81. The number of primary amides is 1. The molecule has 2 atom stereocenters. The summed E-state index contributed by atoms with van der Waals surface area (Å²) >= 11 is 0. The molecule has 1 fully saturated rings. The average molecular weight is 356 g/mol. The largest absolute Gasteiger partial charge is 0.493 e. The summed E-state index contributed by atoms with van der Waals surface area (Å²) in [5.41, 5.74) is 7.36. The number of likely N-dealkylation sites (tertiary alicyclic amines) is 1. The predicted octanol–water partition coefficient (Wildman–Crippen LogP) is 1.14. The minimum Gasteiger partial charge on any atom is -0.493 e. The minimum atomic E-state index is -0.400. The monoisotopic (exact) mass is 356 g/mol. The van der Waals surface area contributed by atoms with Gasteiger partial charge in [-0.1, -0.05) is 18.2 Å². The molecule has 2 N–H and O–H groups in total. The van der Waals surface area contributed by atoms with E-state index in [0.29, 0.717) is 19.7 Å². The Morgan fingerprint density at radius 2 is 1.96 bits per heavy atom. The number of nitrogens with zero attached hydrogens (tertiary/aromatic N) is 3. The second kappa shape index (κ2) is 7.59. The van der Waals surface area contributed by atoms with Gasteiger partial charge in [0.2, 0.25) is 11.8 Å². The lowest BCUT2D eigenvalue weighted by atomic mass is 9.96.